The third-order valence-corrected chi connectivity index (χ3v) is 4.20. The Morgan fingerprint density at radius 3 is 2.14 bits per heavy atom. The molecule has 0 aliphatic rings. The number of carbonyl (C=O) groups excluding carboxylic acids is 3. The van der Waals surface area contributed by atoms with Gasteiger partial charge in [-0.3, -0.25) is 19.6 Å². The van der Waals surface area contributed by atoms with E-state index in [1.54, 1.807) is 24.3 Å². The smallest absolute Gasteiger partial charge is 0.293 e. The van der Waals surface area contributed by atoms with Gasteiger partial charge in [0.2, 0.25) is 0 Å². The van der Waals surface area contributed by atoms with Crippen molar-refractivity contribution in [2.75, 3.05) is 13.6 Å². The molecule has 3 amide bonds. The van der Waals surface area contributed by atoms with E-state index in [0.717, 1.165) is 16.0 Å². The Hall–Kier alpha value is -3.23. The van der Waals surface area contributed by atoms with Crippen LogP contribution >= 0.6 is 0 Å². The molecule has 1 unspecified atom stereocenters. The SMILES string of the molecule is CCCNC(=O)C(C(=O)N(N)O)N(C)C(=O)c1ccc(-c2ccccc2)cc1. The van der Waals surface area contributed by atoms with Gasteiger partial charge in [-0.05, 0) is 29.7 Å². The lowest BCUT2D eigenvalue weighted by atomic mass is 10.0. The van der Waals surface area contributed by atoms with Gasteiger partial charge in [0.1, 0.15) is 0 Å². The molecule has 0 aliphatic heterocycles. The molecule has 8 nitrogen and oxygen atoms in total. The lowest BCUT2D eigenvalue weighted by molar-refractivity contribution is -0.173. The zero-order valence-corrected chi connectivity index (χ0v) is 15.8. The maximum atomic E-state index is 12.8. The van der Waals surface area contributed by atoms with Gasteiger partial charge >= 0.3 is 0 Å². The van der Waals surface area contributed by atoms with Gasteiger partial charge in [-0.2, -0.15) is 5.17 Å². The number of nitrogens with zero attached hydrogens (tertiary/aromatic N) is 2. The Labute approximate surface area is 163 Å². The highest BCUT2D eigenvalue weighted by atomic mass is 16.5. The molecule has 0 bridgehead atoms. The molecule has 0 heterocycles. The molecule has 148 valence electrons. The number of hydrazine groups is 1. The van der Waals surface area contributed by atoms with Gasteiger partial charge in [0.15, 0.2) is 6.04 Å². The van der Waals surface area contributed by atoms with Gasteiger partial charge in [0.25, 0.3) is 17.7 Å². The van der Waals surface area contributed by atoms with Crippen LogP contribution in [0.4, 0.5) is 0 Å². The lowest BCUT2D eigenvalue weighted by Crippen LogP contribution is -2.57. The summed E-state index contributed by atoms with van der Waals surface area (Å²) in [4.78, 5) is 38.3. The van der Waals surface area contributed by atoms with Gasteiger partial charge in [-0.25, -0.2) is 5.84 Å². The molecule has 1 atom stereocenters. The highest BCUT2D eigenvalue weighted by Crippen LogP contribution is 2.20. The predicted molar refractivity (Wildman–Crippen MR) is 104 cm³/mol. The van der Waals surface area contributed by atoms with Crippen molar-refractivity contribution in [1.82, 2.24) is 15.4 Å². The van der Waals surface area contributed by atoms with Crippen LogP contribution in [-0.2, 0) is 9.59 Å². The first kappa shape index (κ1) is 21.1. The van der Waals surface area contributed by atoms with Crippen LogP contribution < -0.4 is 11.2 Å². The van der Waals surface area contributed by atoms with Gasteiger partial charge in [0.05, 0.1) is 0 Å². The summed E-state index contributed by atoms with van der Waals surface area (Å²) in [5.41, 5.74) is 2.22. The predicted octanol–water partition coefficient (Wildman–Crippen LogP) is 1.41. The first-order valence-corrected chi connectivity index (χ1v) is 8.84. The van der Waals surface area contributed by atoms with E-state index in [2.05, 4.69) is 5.32 Å². The van der Waals surface area contributed by atoms with Crippen LogP contribution in [0.15, 0.2) is 54.6 Å². The number of hydrogen-bond acceptors (Lipinski definition) is 5. The van der Waals surface area contributed by atoms with E-state index < -0.39 is 23.8 Å². The average Bonchev–Trinajstić information content (AvgIpc) is 2.72. The number of nitrogens with one attached hydrogen (secondary N) is 1. The normalized spacial score (nSPS) is 11.4. The number of amides is 3. The number of nitrogens with two attached hydrogens (primary N) is 1. The van der Waals surface area contributed by atoms with E-state index in [4.69, 9.17) is 5.84 Å². The minimum Gasteiger partial charge on any atom is -0.354 e. The molecule has 0 radical (unpaired) electrons. The van der Waals surface area contributed by atoms with Gasteiger partial charge < -0.3 is 10.2 Å². The van der Waals surface area contributed by atoms with Crippen LogP contribution in [0.2, 0.25) is 0 Å². The summed E-state index contributed by atoms with van der Waals surface area (Å²) in [5.74, 6) is 2.72. The topological polar surface area (TPSA) is 116 Å². The van der Waals surface area contributed by atoms with Crippen LogP contribution in [0, 0.1) is 0 Å². The van der Waals surface area contributed by atoms with Crippen LogP contribution in [0.1, 0.15) is 23.7 Å². The molecular weight excluding hydrogens is 360 g/mol. The summed E-state index contributed by atoms with van der Waals surface area (Å²) in [6.45, 7) is 2.17. The highest BCUT2D eigenvalue weighted by molar-refractivity contribution is 6.08. The first-order chi connectivity index (χ1) is 13.4. The number of carbonyl (C=O) groups is 3. The van der Waals surface area contributed by atoms with Crippen LogP contribution in [-0.4, -0.2) is 52.6 Å². The minimum absolute atomic E-state index is 0.182. The van der Waals surface area contributed by atoms with E-state index in [0.29, 0.717) is 18.5 Å². The summed E-state index contributed by atoms with van der Waals surface area (Å²) in [5, 5.41) is 11.6. The van der Waals surface area contributed by atoms with Crippen LogP contribution in [0.5, 0.6) is 0 Å². The summed E-state index contributed by atoms with van der Waals surface area (Å²) >= 11 is 0. The van der Waals surface area contributed by atoms with Crippen molar-refractivity contribution in [1.29, 1.82) is 0 Å². The van der Waals surface area contributed by atoms with E-state index >= 15 is 0 Å². The molecule has 0 spiro atoms. The van der Waals surface area contributed by atoms with Crippen LogP contribution in [0.25, 0.3) is 11.1 Å². The molecule has 2 rings (SSSR count). The second-order valence-electron chi connectivity index (χ2n) is 6.24. The molecule has 0 saturated heterocycles. The van der Waals surface area contributed by atoms with E-state index in [-0.39, 0.29) is 5.17 Å². The zero-order chi connectivity index (χ0) is 20.7. The Morgan fingerprint density at radius 2 is 1.61 bits per heavy atom. The molecule has 0 aromatic heterocycles. The van der Waals surface area contributed by atoms with Crippen molar-refractivity contribution in [3.05, 3.63) is 60.2 Å². The van der Waals surface area contributed by atoms with E-state index in [1.807, 2.05) is 37.3 Å². The number of rotatable bonds is 7. The maximum absolute atomic E-state index is 12.8. The van der Waals surface area contributed by atoms with Crippen molar-refractivity contribution in [3.8, 4) is 11.1 Å². The Bertz CT molecular complexity index is 822. The zero-order valence-electron chi connectivity index (χ0n) is 15.8. The van der Waals surface area contributed by atoms with Crippen molar-refractivity contribution in [2.45, 2.75) is 19.4 Å². The largest absolute Gasteiger partial charge is 0.354 e. The third kappa shape index (κ3) is 4.93. The summed E-state index contributed by atoms with van der Waals surface area (Å²) in [6.07, 6.45) is 0.650. The summed E-state index contributed by atoms with van der Waals surface area (Å²) < 4.78 is 0. The molecule has 8 heteroatoms. The molecular formula is C20H24N4O4. The molecule has 28 heavy (non-hydrogen) atoms. The lowest BCUT2D eigenvalue weighted by Gasteiger charge is -2.27. The molecule has 0 fully saturated rings. The Balaban J connectivity index is 2.23. The fraction of sp³-hybridized carbons (Fsp3) is 0.250. The maximum Gasteiger partial charge on any atom is 0.293 e. The molecule has 2 aromatic rings. The molecule has 2 aromatic carbocycles. The van der Waals surface area contributed by atoms with E-state index in [1.165, 1.54) is 7.05 Å². The summed E-state index contributed by atoms with van der Waals surface area (Å²) in [6, 6.07) is 14.9. The second-order valence-corrected chi connectivity index (χ2v) is 6.24. The average molecular weight is 384 g/mol. The fourth-order valence-corrected chi connectivity index (χ4v) is 2.68. The number of benzene rings is 2. The van der Waals surface area contributed by atoms with Gasteiger partial charge in [-0.1, -0.05) is 49.4 Å². The number of likely N-dealkylation sites (N-methyl/N-ethyl adjacent to an activating group) is 1. The van der Waals surface area contributed by atoms with Crippen molar-refractivity contribution < 1.29 is 19.6 Å². The van der Waals surface area contributed by atoms with Gasteiger partial charge in [0, 0.05) is 19.2 Å². The molecule has 0 saturated carbocycles. The van der Waals surface area contributed by atoms with Gasteiger partial charge in [-0.15, -0.1) is 0 Å². The highest BCUT2D eigenvalue weighted by Gasteiger charge is 2.36. The standard InChI is InChI=1S/C20H24N4O4/c1-3-13-22-18(25)17(20(27)24(21)28)23(2)19(26)16-11-9-15(10-12-16)14-7-5-4-6-8-14/h4-12,17,28H,3,13,21H2,1-2H3,(H,22,25). The van der Waals surface area contributed by atoms with Crippen molar-refractivity contribution >= 4 is 17.7 Å². The number of hydrogen-bond donors (Lipinski definition) is 3. The number of hydroxylamine groups is 1. The first-order valence-electron chi connectivity index (χ1n) is 8.84. The fourth-order valence-electron chi connectivity index (χ4n) is 2.68. The Kier molecular flexibility index (Phi) is 7.25. The van der Waals surface area contributed by atoms with Crippen LogP contribution in [0.3, 0.4) is 0 Å². The molecule has 4 N–H and O–H groups in total. The third-order valence-electron chi connectivity index (χ3n) is 4.20. The second kappa shape index (κ2) is 9.63. The van der Waals surface area contributed by atoms with Crippen molar-refractivity contribution in [2.24, 2.45) is 5.84 Å². The minimum atomic E-state index is -1.58. The summed E-state index contributed by atoms with van der Waals surface area (Å²) in [7, 11) is 1.31. The molecule has 0 aliphatic carbocycles. The van der Waals surface area contributed by atoms with Crippen molar-refractivity contribution in [3.63, 3.8) is 0 Å². The quantitative estimate of drug-likeness (QED) is 0.219. The van der Waals surface area contributed by atoms with E-state index in [9.17, 15) is 19.6 Å². The monoisotopic (exact) mass is 384 g/mol. The Morgan fingerprint density at radius 1 is 1.04 bits per heavy atom.